The third-order valence-corrected chi connectivity index (χ3v) is 3.67. The zero-order valence-corrected chi connectivity index (χ0v) is 12.0. The summed E-state index contributed by atoms with van der Waals surface area (Å²) in [5, 5.41) is 11.1. The van der Waals surface area contributed by atoms with Gasteiger partial charge < -0.3 is 5.11 Å². The van der Waals surface area contributed by atoms with Gasteiger partial charge in [0.15, 0.2) is 0 Å². The van der Waals surface area contributed by atoms with Gasteiger partial charge in [-0.25, -0.2) is 4.39 Å². The number of hydrogen-bond acceptors (Lipinski definition) is 1. The molecule has 94 valence electrons. The molecule has 0 aliphatic carbocycles. The molecule has 0 aliphatic heterocycles. The quantitative estimate of drug-likeness (QED) is 0.860. The summed E-state index contributed by atoms with van der Waals surface area (Å²) >= 11 is 9.44. The van der Waals surface area contributed by atoms with Crippen molar-refractivity contribution in [2.75, 3.05) is 0 Å². The van der Waals surface area contributed by atoms with E-state index in [0.29, 0.717) is 16.1 Å². The molecule has 2 rings (SSSR count). The first-order valence-electron chi connectivity index (χ1n) is 5.35. The summed E-state index contributed by atoms with van der Waals surface area (Å²) in [6, 6.07) is 11.0. The number of rotatable bonds is 2. The molecule has 1 unspecified atom stereocenters. The van der Waals surface area contributed by atoms with E-state index in [1.807, 2.05) is 0 Å². The van der Waals surface area contributed by atoms with Crippen molar-refractivity contribution in [2.24, 2.45) is 0 Å². The van der Waals surface area contributed by atoms with Gasteiger partial charge in [0.1, 0.15) is 11.4 Å². The first kappa shape index (κ1) is 13.5. The van der Waals surface area contributed by atoms with E-state index in [0.717, 1.165) is 4.47 Å². The molecule has 2 aromatic rings. The van der Waals surface area contributed by atoms with Gasteiger partial charge in [0.05, 0.1) is 0 Å². The van der Waals surface area contributed by atoms with Crippen LogP contribution in [-0.2, 0) is 5.60 Å². The Hall–Kier alpha value is -0.900. The maximum Gasteiger partial charge on any atom is 0.123 e. The predicted octanol–water partition coefficient (Wildman–Crippen LogP) is 4.50. The smallest absolute Gasteiger partial charge is 0.123 e. The molecule has 0 amide bonds. The molecular weight excluding hydrogens is 319 g/mol. The SMILES string of the molecule is CC(O)(c1ccc(F)cc1)c1ccc(Br)cc1Cl. The third kappa shape index (κ3) is 2.58. The van der Waals surface area contributed by atoms with Crippen LogP contribution in [0, 0.1) is 5.82 Å². The lowest BCUT2D eigenvalue weighted by molar-refractivity contribution is 0.102. The van der Waals surface area contributed by atoms with E-state index in [4.69, 9.17) is 11.6 Å². The molecule has 0 saturated carbocycles. The minimum Gasteiger partial charge on any atom is -0.381 e. The average molecular weight is 330 g/mol. The second kappa shape index (κ2) is 5.00. The molecule has 0 bridgehead atoms. The Labute approximate surface area is 118 Å². The minimum atomic E-state index is -1.26. The summed E-state index contributed by atoms with van der Waals surface area (Å²) in [6.07, 6.45) is 0. The Morgan fingerprint density at radius 1 is 1.17 bits per heavy atom. The highest BCUT2D eigenvalue weighted by Crippen LogP contribution is 2.35. The molecule has 1 nitrogen and oxygen atoms in total. The molecule has 1 N–H and O–H groups in total. The van der Waals surface area contributed by atoms with Crippen molar-refractivity contribution in [1.29, 1.82) is 0 Å². The van der Waals surface area contributed by atoms with Crippen LogP contribution in [0.4, 0.5) is 4.39 Å². The molecule has 0 heterocycles. The van der Waals surface area contributed by atoms with E-state index in [1.165, 1.54) is 12.1 Å². The zero-order valence-electron chi connectivity index (χ0n) is 9.62. The van der Waals surface area contributed by atoms with Crippen LogP contribution in [-0.4, -0.2) is 5.11 Å². The summed E-state index contributed by atoms with van der Waals surface area (Å²) in [5.74, 6) is -0.337. The molecular formula is C14H11BrClFO. The highest BCUT2D eigenvalue weighted by Gasteiger charge is 2.27. The van der Waals surface area contributed by atoms with Gasteiger partial charge in [0, 0.05) is 15.1 Å². The van der Waals surface area contributed by atoms with Crippen LogP contribution in [0.2, 0.25) is 5.02 Å². The van der Waals surface area contributed by atoms with E-state index >= 15 is 0 Å². The van der Waals surface area contributed by atoms with Gasteiger partial charge in [-0.3, -0.25) is 0 Å². The average Bonchev–Trinajstić information content (AvgIpc) is 2.29. The highest BCUT2D eigenvalue weighted by molar-refractivity contribution is 9.10. The van der Waals surface area contributed by atoms with Crippen molar-refractivity contribution in [3.63, 3.8) is 0 Å². The first-order valence-corrected chi connectivity index (χ1v) is 6.52. The van der Waals surface area contributed by atoms with Crippen molar-refractivity contribution >= 4 is 27.5 Å². The molecule has 0 aromatic heterocycles. The summed E-state index contributed by atoms with van der Waals surface area (Å²) in [7, 11) is 0. The molecule has 2 aromatic carbocycles. The zero-order chi connectivity index (χ0) is 13.3. The molecule has 0 radical (unpaired) electrons. The molecule has 1 atom stereocenters. The predicted molar refractivity (Wildman–Crippen MR) is 74.2 cm³/mol. The molecule has 0 saturated heterocycles. The van der Waals surface area contributed by atoms with Crippen molar-refractivity contribution < 1.29 is 9.50 Å². The maximum absolute atomic E-state index is 12.9. The van der Waals surface area contributed by atoms with Crippen LogP contribution < -0.4 is 0 Å². The van der Waals surface area contributed by atoms with E-state index < -0.39 is 5.60 Å². The Morgan fingerprint density at radius 2 is 1.78 bits per heavy atom. The number of benzene rings is 2. The standard InChI is InChI=1S/C14H11BrClFO/c1-14(18,9-2-5-11(17)6-3-9)12-7-4-10(15)8-13(12)16/h2-8,18H,1H3. The summed E-state index contributed by atoms with van der Waals surface area (Å²) < 4.78 is 13.7. The van der Waals surface area contributed by atoms with Gasteiger partial charge >= 0.3 is 0 Å². The van der Waals surface area contributed by atoms with Crippen LogP contribution in [0.5, 0.6) is 0 Å². The molecule has 4 heteroatoms. The highest BCUT2D eigenvalue weighted by atomic mass is 79.9. The van der Waals surface area contributed by atoms with E-state index in [-0.39, 0.29) is 5.82 Å². The van der Waals surface area contributed by atoms with Crippen molar-refractivity contribution in [3.05, 3.63) is 68.9 Å². The lowest BCUT2D eigenvalue weighted by Crippen LogP contribution is -2.23. The lowest BCUT2D eigenvalue weighted by Gasteiger charge is -2.25. The van der Waals surface area contributed by atoms with Crippen LogP contribution in [0.3, 0.4) is 0 Å². The Kier molecular flexibility index (Phi) is 3.76. The number of halogens is 3. The summed E-state index contributed by atoms with van der Waals surface area (Å²) in [5.41, 5.74) is -0.0852. The molecule has 18 heavy (non-hydrogen) atoms. The molecule has 0 spiro atoms. The Balaban J connectivity index is 2.50. The minimum absolute atomic E-state index is 0.337. The van der Waals surface area contributed by atoms with Crippen LogP contribution in [0.1, 0.15) is 18.1 Å². The van der Waals surface area contributed by atoms with Crippen molar-refractivity contribution in [2.45, 2.75) is 12.5 Å². The Bertz CT molecular complexity index is 567. The van der Waals surface area contributed by atoms with Crippen LogP contribution >= 0.6 is 27.5 Å². The maximum atomic E-state index is 12.9. The molecule has 0 fully saturated rings. The van der Waals surface area contributed by atoms with Crippen LogP contribution in [0.15, 0.2) is 46.9 Å². The van der Waals surface area contributed by atoms with E-state index in [2.05, 4.69) is 15.9 Å². The van der Waals surface area contributed by atoms with Gasteiger partial charge in [-0.1, -0.05) is 45.7 Å². The lowest BCUT2D eigenvalue weighted by atomic mass is 9.88. The number of aliphatic hydroxyl groups is 1. The largest absolute Gasteiger partial charge is 0.381 e. The fourth-order valence-corrected chi connectivity index (χ4v) is 2.67. The van der Waals surface area contributed by atoms with Gasteiger partial charge in [-0.05, 0) is 36.8 Å². The van der Waals surface area contributed by atoms with Gasteiger partial charge in [0.2, 0.25) is 0 Å². The van der Waals surface area contributed by atoms with Crippen LogP contribution in [0.25, 0.3) is 0 Å². The monoisotopic (exact) mass is 328 g/mol. The Morgan fingerprint density at radius 3 is 2.33 bits per heavy atom. The third-order valence-electron chi connectivity index (χ3n) is 2.86. The van der Waals surface area contributed by atoms with Gasteiger partial charge in [-0.2, -0.15) is 0 Å². The fourth-order valence-electron chi connectivity index (χ4n) is 1.81. The second-order valence-corrected chi connectivity index (χ2v) is 5.53. The summed E-state index contributed by atoms with van der Waals surface area (Å²) in [4.78, 5) is 0. The fraction of sp³-hybridized carbons (Fsp3) is 0.143. The number of hydrogen-bond donors (Lipinski definition) is 1. The van der Waals surface area contributed by atoms with Crippen molar-refractivity contribution in [1.82, 2.24) is 0 Å². The topological polar surface area (TPSA) is 20.2 Å². The normalized spacial score (nSPS) is 14.3. The first-order chi connectivity index (χ1) is 8.41. The molecule has 0 aliphatic rings. The van der Waals surface area contributed by atoms with Gasteiger partial charge in [0.25, 0.3) is 0 Å². The van der Waals surface area contributed by atoms with Crippen molar-refractivity contribution in [3.8, 4) is 0 Å². The second-order valence-electron chi connectivity index (χ2n) is 4.20. The van der Waals surface area contributed by atoms with Gasteiger partial charge in [-0.15, -0.1) is 0 Å². The summed E-state index contributed by atoms with van der Waals surface area (Å²) in [6.45, 7) is 1.63. The van der Waals surface area contributed by atoms with E-state index in [9.17, 15) is 9.50 Å². The van der Waals surface area contributed by atoms with E-state index in [1.54, 1.807) is 37.3 Å².